The Labute approximate surface area is 95.4 Å². The van der Waals surface area contributed by atoms with Crippen molar-refractivity contribution in [2.24, 2.45) is 5.92 Å². The van der Waals surface area contributed by atoms with E-state index in [1.165, 1.54) is 45.3 Å². The number of hydrogen-bond acceptors (Lipinski definition) is 2. The monoisotopic (exact) mass is 212 g/mol. The minimum absolute atomic E-state index is 0.681. The first-order valence-electron chi connectivity index (χ1n) is 6.72. The normalized spacial score (nSPS) is 24.6. The topological polar surface area (TPSA) is 15.3 Å². The van der Waals surface area contributed by atoms with Gasteiger partial charge in [-0.05, 0) is 51.7 Å². The Kier molecular flexibility index (Phi) is 6.26. The van der Waals surface area contributed by atoms with Gasteiger partial charge < -0.3 is 10.2 Å². The molecular formula is C13H28N2. The smallest absolute Gasteiger partial charge is 0.00507 e. The van der Waals surface area contributed by atoms with Crippen molar-refractivity contribution in [1.29, 1.82) is 0 Å². The lowest BCUT2D eigenvalue weighted by molar-refractivity contribution is 0.300. The Hall–Kier alpha value is -0.0800. The van der Waals surface area contributed by atoms with Gasteiger partial charge in [0.05, 0.1) is 0 Å². The van der Waals surface area contributed by atoms with E-state index < -0.39 is 0 Å². The van der Waals surface area contributed by atoms with E-state index in [1.807, 2.05) is 0 Å². The Balaban J connectivity index is 2.08. The summed E-state index contributed by atoms with van der Waals surface area (Å²) in [6.45, 7) is 11.9. The molecule has 1 heterocycles. The molecule has 1 N–H and O–H groups in total. The van der Waals surface area contributed by atoms with Crippen molar-refractivity contribution >= 4 is 0 Å². The highest BCUT2D eigenvalue weighted by atomic mass is 15.1. The van der Waals surface area contributed by atoms with Crippen LogP contribution in [0, 0.1) is 5.92 Å². The molecule has 2 heteroatoms. The second-order valence-corrected chi connectivity index (χ2v) is 4.99. The van der Waals surface area contributed by atoms with Gasteiger partial charge in [-0.2, -0.15) is 0 Å². The molecule has 1 fully saturated rings. The molecule has 2 unspecified atom stereocenters. The van der Waals surface area contributed by atoms with Crippen molar-refractivity contribution in [2.75, 3.05) is 26.2 Å². The summed E-state index contributed by atoms with van der Waals surface area (Å²) in [5, 5.41) is 3.48. The van der Waals surface area contributed by atoms with E-state index in [1.54, 1.807) is 0 Å². The van der Waals surface area contributed by atoms with Gasteiger partial charge in [0.25, 0.3) is 0 Å². The van der Waals surface area contributed by atoms with E-state index in [-0.39, 0.29) is 0 Å². The predicted octanol–water partition coefficient (Wildman–Crippen LogP) is 2.50. The lowest BCUT2D eigenvalue weighted by Crippen LogP contribution is -2.31. The number of nitrogens with zero attached hydrogens (tertiary/aromatic N) is 1. The minimum atomic E-state index is 0.681. The zero-order valence-corrected chi connectivity index (χ0v) is 10.8. The largest absolute Gasteiger partial charge is 0.314 e. The van der Waals surface area contributed by atoms with Crippen LogP contribution >= 0.6 is 0 Å². The summed E-state index contributed by atoms with van der Waals surface area (Å²) in [5.74, 6) is 0.990. The third kappa shape index (κ3) is 4.98. The molecule has 0 amide bonds. The van der Waals surface area contributed by atoms with Crippen LogP contribution in [0.3, 0.4) is 0 Å². The van der Waals surface area contributed by atoms with E-state index in [2.05, 4.69) is 31.0 Å². The maximum atomic E-state index is 3.48. The molecule has 0 saturated carbocycles. The predicted molar refractivity (Wildman–Crippen MR) is 67.2 cm³/mol. The van der Waals surface area contributed by atoms with E-state index in [9.17, 15) is 0 Å². The first kappa shape index (κ1) is 13.0. The van der Waals surface area contributed by atoms with Crippen molar-refractivity contribution in [1.82, 2.24) is 10.2 Å². The van der Waals surface area contributed by atoms with Gasteiger partial charge in [-0.1, -0.05) is 20.3 Å². The molecule has 0 aliphatic carbocycles. The van der Waals surface area contributed by atoms with E-state index in [4.69, 9.17) is 0 Å². The van der Waals surface area contributed by atoms with Crippen molar-refractivity contribution in [3.8, 4) is 0 Å². The van der Waals surface area contributed by atoms with Gasteiger partial charge in [-0.25, -0.2) is 0 Å². The lowest BCUT2D eigenvalue weighted by Gasteiger charge is -2.19. The second-order valence-electron chi connectivity index (χ2n) is 4.99. The summed E-state index contributed by atoms with van der Waals surface area (Å²) < 4.78 is 0. The van der Waals surface area contributed by atoms with Crippen molar-refractivity contribution in [3.63, 3.8) is 0 Å². The summed E-state index contributed by atoms with van der Waals surface area (Å²) in [6, 6.07) is 0.681. The number of rotatable bonds is 7. The second kappa shape index (κ2) is 7.24. The van der Waals surface area contributed by atoms with Gasteiger partial charge >= 0.3 is 0 Å². The van der Waals surface area contributed by atoms with Gasteiger partial charge in [0.1, 0.15) is 0 Å². The molecule has 0 aromatic rings. The first-order valence-corrected chi connectivity index (χ1v) is 6.72. The molecule has 1 aliphatic rings. The molecule has 2 atom stereocenters. The van der Waals surface area contributed by atoms with Crippen molar-refractivity contribution < 1.29 is 0 Å². The molecule has 0 spiro atoms. The highest BCUT2D eigenvalue weighted by Gasteiger charge is 2.21. The van der Waals surface area contributed by atoms with Gasteiger partial charge in [-0.3, -0.25) is 0 Å². The third-order valence-electron chi connectivity index (χ3n) is 3.50. The molecule has 15 heavy (non-hydrogen) atoms. The number of nitrogens with one attached hydrogen (secondary N) is 1. The lowest BCUT2D eigenvalue weighted by atomic mass is 10.0. The summed E-state index contributed by atoms with van der Waals surface area (Å²) in [4.78, 5) is 2.65. The summed E-state index contributed by atoms with van der Waals surface area (Å²) in [7, 11) is 0. The third-order valence-corrected chi connectivity index (χ3v) is 3.50. The summed E-state index contributed by atoms with van der Waals surface area (Å²) in [5.41, 5.74) is 0. The maximum Gasteiger partial charge on any atom is 0.00507 e. The standard InChI is InChI=1S/C13H28N2/c1-4-6-13-8-10-15(11-13)9-7-12(3)14-5-2/h12-14H,4-11H2,1-3H3. The van der Waals surface area contributed by atoms with E-state index in [0.29, 0.717) is 6.04 Å². The fourth-order valence-corrected chi connectivity index (χ4v) is 2.59. The van der Waals surface area contributed by atoms with Crippen LogP contribution in [0.25, 0.3) is 0 Å². The van der Waals surface area contributed by atoms with E-state index in [0.717, 1.165) is 12.5 Å². The SMILES string of the molecule is CCCC1CCN(CCC(C)NCC)C1. The van der Waals surface area contributed by atoms with Crippen molar-refractivity contribution in [2.45, 2.75) is 52.5 Å². The highest BCUT2D eigenvalue weighted by molar-refractivity contribution is 4.76. The minimum Gasteiger partial charge on any atom is -0.314 e. The Morgan fingerprint density at radius 2 is 2.20 bits per heavy atom. The van der Waals surface area contributed by atoms with Gasteiger partial charge in [0.2, 0.25) is 0 Å². The Bertz CT molecular complexity index is 159. The van der Waals surface area contributed by atoms with Crippen molar-refractivity contribution in [3.05, 3.63) is 0 Å². The molecule has 1 rings (SSSR count). The van der Waals surface area contributed by atoms with E-state index >= 15 is 0 Å². The number of hydrogen-bond donors (Lipinski definition) is 1. The van der Waals surface area contributed by atoms with Gasteiger partial charge in [0, 0.05) is 12.6 Å². The average molecular weight is 212 g/mol. The average Bonchev–Trinajstić information content (AvgIpc) is 2.64. The maximum absolute atomic E-state index is 3.48. The zero-order chi connectivity index (χ0) is 11.1. The van der Waals surface area contributed by atoms with Crippen LogP contribution in [0.4, 0.5) is 0 Å². The van der Waals surface area contributed by atoms with Crippen LogP contribution in [0.1, 0.15) is 46.5 Å². The summed E-state index contributed by atoms with van der Waals surface area (Å²) in [6.07, 6.45) is 5.52. The summed E-state index contributed by atoms with van der Waals surface area (Å²) >= 11 is 0. The molecule has 2 nitrogen and oxygen atoms in total. The van der Waals surface area contributed by atoms with Gasteiger partial charge in [-0.15, -0.1) is 0 Å². The molecular weight excluding hydrogens is 184 g/mol. The molecule has 0 aromatic carbocycles. The highest BCUT2D eigenvalue weighted by Crippen LogP contribution is 2.20. The van der Waals surface area contributed by atoms with Crippen LogP contribution in [-0.2, 0) is 0 Å². The van der Waals surface area contributed by atoms with Crippen LogP contribution in [0.15, 0.2) is 0 Å². The molecule has 0 bridgehead atoms. The van der Waals surface area contributed by atoms with Crippen LogP contribution in [-0.4, -0.2) is 37.1 Å². The van der Waals surface area contributed by atoms with Crippen LogP contribution in [0.2, 0.25) is 0 Å². The van der Waals surface area contributed by atoms with Crippen LogP contribution in [0.5, 0.6) is 0 Å². The number of likely N-dealkylation sites (tertiary alicyclic amines) is 1. The first-order chi connectivity index (χ1) is 7.26. The molecule has 0 aromatic heterocycles. The fraction of sp³-hybridized carbons (Fsp3) is 1.00. The quantitative estimate of drug-likeness (QED) is 0.697. The Morgan fingerprint density at radius 3 is 2.87 bits per heavy atom. The molecule has 1 saturated heterocycles. The zero-order valence-electron chi connectivity index (χ0n) is 10.8. The van der Waals surface area contributed by atoms with Gasteiger partial charge in [0.15, 0.2) is 0 Å². The molecule has 0 radical (unpaired) electrons. The molecule has 90 valence electrons. The Morgan fingerprint density at radius 1 is 1.40 bits per heavy atom. The van der Waals surface area contributed by atoms with Crippen LogP contribution < -0.4 is 5.32 Å². The molecule has 1 aliphatic heterocycles. The fourth-order valence-electron chi connectivity index (χ4n) is 2.59.